The van der Waals surface area contributed by atoms with Gasteiger partial charge in [-0.15, -0.1) is 0 Å². The number of amides is 2. The van der Waals surface area contributed by atoms with E-state index < -0.39 is 0 Å². The normalized spacial score (nSPS) is 17.2. The topological polar surface area (TPSA) is 100 Å². The van der Waals surface area contributed by atoms with E-state index in [1.165, 1.54) is 22.1 Å². The van der Waals surface area contributed by atoms with Crippen molar-refractivity contribution in [3.05, 3.63) is 89.4 Å². The molecular formula is C30H28N6O2S. The van der Waals surface area contributed by atoms with E-state index in [4.69, 9.17) is 0 Å². The number of hydrogen-bond acceptors (Lipinski definition) is 8. The van der Waals surface area contributed by atoms with Gasteiger partial charge >= 0.3 is 0 Å². The van der Waals surface area contributed by atoms with Crippen LogP contribution in [-0.4, -0.2) is 45.7 Å². The molecule has 0 aliphatic carbocycles. The second kappa shape index (κ2) is 11.3. The minimum atomic E-state index is -0.378. The van der Waals surface area contributed by atoms with Crippen molar-refractivity contribution in [3.63, 3.8) is 0 Å². The number of anilines is 1. The number of carbonyl (C=O) groups is 2. The molecule has 2 amide bonds. The first-order chi connectivity index (χ1) is 19.1. The summed E-state index contributed by atoms with van der Waals surface area (Å²) >= 11 is 0.894. The number of benzene rings is 2. The molecule has 39 heavy (non-hydrogen) atoms. The molecule has 2 aliphatic heterocycles. The quantitative estimate of drug-likeness (QED) is 0.318. The highest BCUT2D eigenvalue weighted by atomic mass is 32.2. The minimum absolute atomic E-state index is 0.355. The summed E-state index contributed by atoms with van der Waals surface area (Å²) < 4.78 is 0. The number of aromatic nitrogens is 3. The van der Waals surface area contributed by atoms with Crippen LogP contribution in [0.15, 0.2) is 78.1 Å². The van der Waals surface area contributed by atoms with Gasteiger partial charge in [0.1, 0.15) is 0 Å². The third-order valence-electron chi connectivity index (χ3n) is 7.16. The van der Waals surface area contributed by atoms with Gasteiger partial charge in [-0.2, -0.15) is 0 Å². The van der Waals surface area contributed by atoms with Crippen LogP contribution < -0.4 is 15.5 Å². The van der Waals surface area contributed by atoms with Crippen molar-refractivity contribution in [2.75, 3.05) is 24.5 Å². The van der Waals surface area contributed by atoms with Crippen LogP contribution in [0, 0.1) is 5.92 Å². The van der Waals surface area contributed by atoms with Gasteiger partial charge in [-0.05, 0) is 83.4 Å². The number of pyridine rings is 1. The number of carbonyl (C=O) groups excluding carboxylic acids is 2. The zero-order valence-corrected chi connectivity index (χ0v) is 22.2. The number of imide groups is 1. The summed E-state index contributed by atoms with van der Waals surface area (Å²) in [6.07, 6.45) is 9.21. The smallest absolute Gasteiger partial charge is 0.290 e. The number of thioether (sulfide) groups is 1. The molecule has 2 aromatic carbocycles. The summed E-state index contributed by atoms with van der Waals surface area (Å²) in [4.78, 5) is 39.1. The van der Waals surface area contributed by atoms with Gasteiger partial charge in [0, 0.05) is 43.6 Å². The highest BCUT2D eigenvalue weighted by Gasteiger charge is 2.25. The summed E-state index contributed by atoms with van der Waals surface area (Å²) in [6.45, 7) is 3.55. The zero-order chi connectivity index (χ0) is 26.6. The third-order valence-corrected chi connectivity index (χ3v) is 7.97. The van der Waals surface area contributed by atoms with Crippen molar-refractivity contribution < 1.29 is 9.59 Å². The van der Waals surface area contributed by atoms with E-state index in [9.17, 15) is 9.59 Å². The summed E-state index contributed by atoms with van der Waals surface area (Å²) in [6, 6.07) is 18.9. The number of rotatable bonds is 7. The molecule has 0 radical (unpaired) electrons. The van der Waals surface area contributed by atoms with E-state index in [-0.39, 0.29) is 11.1 Å². The fourth-order valence-electron chi connectivity index (χ4n) is 5.13. The van der Waals surface area contributed by atoms with E-state index in [1.807, 2.05) is 12.4 Å². The average molecular weight is 537 g/mol. The SMILES string of the molecule is O=C1NC(=O)C(=Cc2ccnc(N3CCC(CNCc4cccc(-c5cccc6cnccc56)c4)CC3)n2)S1. The molecule has 4 aromatic rings. The number of fused-ring (bicyclic) bond motifs is 1. The predicted molar refractivity (Wildman–Crippen MR) is 155 cm³/mol. The third kappa shape index (κ3) is 5.84. The first kappa shape index (κ1) is 25.2. The molecule has 0 saturated carbocycles. The maximum atomic E-state index is 11.8. The van der Waals surface area contributed by atoms with Gasteiger partial charge < -0.3 is 10.2 Å². The molecule has 9 heteroatoms. The second-order valence-corrected chi connectivity index (χ2v) is 10.8. The van der Waals surface area contributed by atoms with Crippen molar-refractivity contribution >= 4 is 45.7 Å². The van der Waals surface area contributed by atoms with Gasteiger partial charge in [-0.1, -0.05) is 36.4 Å². The van der Waals surface area contributed by atoms with Crippen LogP contribution in [-0.2, 0) is 11.3 Å². The van der Waals surface area contributed by atoms with Crippen molar-refractivity contribution in [1.29, 1.82) is 0 Å². The van der Waals surface area contributed by atoms with Crippen LogP contribution in [0.1, 0.15) is 24.1 Å². The van der Waals surface area contributed by atoms with Gasteiger partial charge in [0.05, 0.1) is 10.6 Å². The molecule has 6 rings (SSSR count). The molecule has 2 aliphatic rings. The number of nitrogens with zero attached hydrogens (tertiary/aromatic N) is 4. The standard InChI is InChI=1S/C30H28N6O2S/c37-28-27(39-30(38)35-28)16-24-7-12-33-29(34-24)36-13-9-20(10-14-36)17-32-18-21-3-1-4-22(15-21)25-6-2-5-23-19-31-11-8-26(23)25/h1-8,11-12,15-16,19-20,32H,9-10,13-14,17-18H2,(H,35,37,38). The van der Waals surface area contributed by atoms with Crippen LogP contribution in [0.4, 0.5) is 10.7 Å². The monoisotopic (exact) mass is 536 g/mol. The molecule has 2 aromatic heterocycles. The number of hydrogen-bond donors (Lipinski definition) is 2. The van der Waals surface area contributed by atoms with E-state index in [2.05, 4.69) is 79.0 Å². The highest BCUT2D eigenvalue weighted by Crippen LogP contribution is 2.29. The second-order valence-electron chi connectivity index (χ2n) is 9.80. The van der Waals surface area contributed by atoms with Crippen molar-refractivity contribution in [2.24, 2.45) is 5.92 Å². The average Bonchev–Trinajstić information content (AvgIpc) is 3.29. The lowest BCUT2D eigenvalue weighted by molar-refractivity contribution is -0.115. The zero-order valence-electron chi connectivity index (χ0n) is 21.3. The van der Waals surface area contributed by atoms with Crippen molar-refractivity contribution in [1.82, 2.24) is 25.6 Å². The Kier molecular flexibility index (Phi) is 7.33. The van der Waals surface area contributed by atoms with E-state index in [1.54, 1.807) is 18.3 Å². The van der Waals surface area contributed by atoms with E-state index >= 15 is 0 Å². The fourth-order valence-corrected chi connectivity index (χ4v) is 5.80. The Bertz CT molecular complexity index is 1560. The first-order valence-electron chi connectivity index (χ1n) is 13.1. The Hall–Kier alpha value is -4.08. The summed E-state index contributed by atoms with van der Waals surface area (Å²) in [5.41, 5.74) is 4.34. The van der Waals surface area contributed by atoms with Crippen LogP contribution in [0.5, 0.6) is 0 Å². The van der Waals surface area contributed by atoms with Crippen LogP contribution in [0.3, 0.4) is 0 Å². The lowest BCUT2D eigenvalue weighted by atomic mass is 9.96. The molecule has 8 nitrogen and oxygen atoms in total. The Balaban J connectivity index is 1.02. The fraction of sp³-hybridized carbons (Fsp3) is 0.233. The number of piperidine rings is 1. The molecule has 2 saturated heterocycles. The van der Waals surface area contributed by atoms with Crippen LogP contribution >= 0.6 is 11.8 Å². The van der Waals surface area contributed by atoms with Gasteiger partial charge in [0.25, 0.3) is 11.1 Å². The molecule has 196 valence electrons. The van der Waals surface area contributed by atoms with E-state index in [0.717, 1.165) is 56.2 Å². The molecule has 0 atom stereocenters. The summed E-state index contributed by atoms with van der Waals surface area (Å²) in [5.74, 6) is 0.868. The largest absolute Gasteiger partial charge is 0.341 e. The van der Waals surface area contributed by atoms with E-state index in [0.29, 0.717) is 22.5 Å². The molecular weight excluding hydrogens is 508 g/mol. The number of nitrogens with one attached hydrogen (secondary N) is 2. The molecule has 0 unspecified atom stereocenters. The first-order valence-corrected chi connectivity index (χ1v) is 13.9. The molecule has 2 N–H and O–H groups in total. The molecule has 2 fully saturated rings. The lowest BCUT2D eigenvalue weighted by Gasteiger charge is -2.32. The Morgan fingerprint density at radius 2 is 1.92 bits per heavy atom. The predicted octanol–water partition coefficient (Wildman–Crippen LogP) is 5.02. The Labute approximate surface area is 231 Å². The highest BCUT2D eigenvalue weighted by molar-refractivity contribution is 8.18. The summed E-state index contributed by atoms with van der Waals surface area (Å²) in [7, 11) is 0. The van der Waals surface area contributed by atoms with Crippen molar-refractivity contribution in [2.45, 2.75) is 19.4 Å². The van der Waals surface area contributed by atoms with Gasteiger partial charge in [0.15, 0.2) is 0 Å². The maximum absolute atomic E-state index is 11.8. The molecule has 0 spiro atoms. The van der Waals surface area contributed by atoms with Gasteiger partial charge in [-0.25, -0.2) is 9.97 Å². The summed E-state index contributed by atoms with van der Waals surface area (Å²) in [5, 5.41) is 7.94. The van der Waals surface area contributed by atoms with Gasteiger partial charge in [-0.3, -0.25) is 19.9 Å². The van der Waals surface area contributed by atoms with Gasteiger partial charge in [0.2, 0.25) is 5.95 Å². The van der Waals surface area contributed by atoms with Crippen LogP contribution in [0.25, 0.3) is 28.0 Å². The Morgan fingerprint density at radius 1 is 1.05 bits per heavy atom. The lowest BCUT2D eigenvalue weighted by Crippen LogP contribution is -2.38. The minimum Gasteiger partial charge on any atom is -0.341 e. The Morgan fingerprint density at radius 3 is 2.77 bits per heavy atom. The molecule has 4 heterocycles. The molecule has 0 bridgehead atoms. The maximum Gasteiger partial charge on any atom is 0.290 e. The van der Waals surface area contributed by atoms with Crippen LogP contribution in [0.2, 0.25) is 0 Å². The van der Waals surface area contributed by atoms with Crippen molar-refractivity contribution in [3.8, 4) is 11.1 Å².